The topological polar surface area (TPSA) is 26.7 Å². The summed E-state index contributed by atoms with van der Waals surface area (Å²) in [5.41, 5.74) is 3.82. The normalized spacial score (nSPS) is 22.3. The molecule has 0 aliphatic carbocycles. The molecule has 1 fully saturated rings. The molecule has 3 rings (SSSR count). The zero-order valence-electron chi connectivity index (χ0n) is 17.9. The first-order valence-electron chi connectivity index (χ1n) is 10.9. The Labute approximate surface area is 171 Å². The molecule has 1 aliphatic heterocycles. The molecule has 1 aliphatic rings. The van der Waals surface area contributed by atoms with E-state index >= 15 is 0 Å². The molecular weight excluding hydrogens is 344 g/mol. The van der Waals surface area contributed by atoms with E-state index in [-0.39, 0.29) is 6.04 Å². The SMILES string of the molecule is CCCCCN1C[C@H](C)N([C@@H](c2cccc(O)c2)c2ccccc2C)C[C@H]1C. The number of nitrogens with zero attached hydrogens (tertiary/aromatic N) is 2. The predicted octanol–water partition coefficient (Wildman–Crippen LogP) is 5.37. The molecule has 28 heavy (non-hydrogen) atoms. The average molecular weight is 381 g/mol. The van der Waals surface area contributed by atoms with Crippen LogP contribution < -0.4 is 0 Å². The standard InChI is InChI=1S/C25H36N2O/c1-5-6-9-15-26-17-21(4)27(18-20(26)3)25(22-12-10-13-23(28)16-22)24-14-8-7-11-19(24)2/h7-8,10-14,16,20-21,25,28H,5-6,9,15,17-18H2,1-4H3/t20-,21+,25+/m1/s1. The van der Waals surface area contributed by atoms with Crippen LogP contribution in [0.4, 0.5) is 0 Å². The summed E-state index contributed by atoms with van der Waals surface area (Å²) in [5, 5.41) is 10.1. The number of phenols is 1. The molecule has 2 aromatic carbocycles. The van der Waals surface area contributed by atoms with Gasteiger partial charge in [-0.3, -0.25) is 9.80 Å². The van der Waals surface area contributed by atoms with Crippen molar-refractivity contribution in [2.45, 2.75) is 65.1 Å². The third-order valence-electron chi connectivity index (χ3n) is 6.21. The molecule has 1 N–H and O–H groups in total. The van der Waals surface area contributed by atoms with Gasteiger partial charge in [0, 0.05) is 25.2 Å². The zero-order valence-corrected chi connectivity index (χ0v) is 17.9. The Hall–Kier alpha value is -1.84. The number of aromatic hydroxyl groups is 1. The molecule has 3 heteroatoms. The number of rotatable bonds is 7. The molecule has 0 radical (unpaired) electrons. The Morgan fingerprint density at radius 3 is 2.50 bits per heavy atom. The number of hydrogen-bond acceptors (Lipinski definition) is 3. The van der Waals surface area contributed by atoms with E-state index in [4.69, 9.17) is 0 Å². The van der Waals surface area contributed by atoms with Crippen LogP contribution in [0, 0.1) is 6.92 Å². The fraction of sp³-hybridized carbons (Fsp3) is 0.520. The predicted molar refractivity (Wildman–Crippen MR) is 118 cm³/mol. The van der Waals surface area contributed by atoms with Crippen molar-refractivity contribution in [3.05, 3.63) is 65.2 Å². The van der Waals surface area contributed by atoms with Crippen molar-refractivity contribution < 1.29 is 5.11 Å². The summed E-state index contributed by atoms with van der Waals surface area (Å²) in [4.78, 5) is 5.30. The molecule has 152 valence electrons. The van der Waals surface area contributed by atoms with Crippen LogP contribution in [0.5, 0.6) is 5.75 Å². The highest BCUT2D eigenvalue weighted by Crippen LogP contribution is 2.35. The van der Waals surface area contributed by atoms with Crippen molar-refractivity contribution in [2.24, 2.45) is 0 Å². The maximum atomic E-state index is 10.1. The van der Waals surface area contributed by atoms with Gasteiger partial charge in [-0.25, -0.2) is 0 Å². The van der Waals surface area contributed by atoms with Gasteiger partial charge in [-0.1, -0.05) is 56.2 Å². The minimum absolute atomic E-state index is 0.170. The number of hydrogen-bond donors (Lipinski definition) is 1. The molecule has 1 saturated heterocycles. The Kier molecular flexibility index (Phi) is 7.14. The molecule has 0 amide bonds. The molecule has 3 atom stereocenters. The number of benzene rings is 2. The van der Waals surface area contributed by atoms with Crippen LogP contribution in [0.25, 0.3) is 0 Å². The van der Waals surface area contributed by atoms with Crippen molar-refractivity contribution in [3.63, 3.8) is 0 Å². The van der Waals surface area contributed by atoms with Crippen molar-refractivity contribution in [2.75, 3.05) is 19.6 Å². The van der Waals surface area contributed by atoms with Gasteiger partial charge >= 0.3 is 0 Å². The lowest BCUT2D eigenvalue weighted by molar-refractivity contribution is 0.0231. The van der Waals surface area contributed by atoms with E-state index < -0.39 is 0 Å². The molecule has 3 nitrogen and oxygen atoms in total. The number of aryl methyl sites for hydroxylation is 1. The Balaban J connectivity index is 1.90. The first kappa shape index (κ1) is 20.9. The van der Waals surface area contributed by atoms with Gasteiger partial charge in [-0.15, -0.1) is 0 Å². The third-order valence-corrected chi connectivity index (χ3v) is 6.21. The lowest BCUT2D eigenvalue weighted by atomic mass is 9.91. The van der Waals surface area contributed by atoms with Gasteiger partial charge in [0.2, 0.25) is 0 Å². The van der Waals surface area contributed by atoms with E-state index in [0.29, 0.717) is 17.8 Å². The van der Waals surface area contributed by atoms with Gasteiger partial charge in [0.1, 0.15) is 5.75 Å². The van der Waals surface area contributed by atoms with E-state index in [0.717, 1.165) is 13.1 Å². The van der Waals surface area contributed by atoms with Crippen molar-refractivity contribution in [1.82, 2.24) is 9.80 Å². The van der Waals surface area contributed by atoms with Gasteiger partial charge in [0.25, 0.3) is 0 Å². The number of phenolic OH excluding ortho intramolecular Hbond substituents is 1. The largest absolute Gasteiger partial charge is 0.508 e. The van der Waals surface area contributed by atoms with Crippen LogP contribution in [-0.4, -0.2) is 46.6 Å². The van der Waals surface area contributed by atoms with Gasteiger partial charge in [-0.05, 0) is 62.6 Å². The van der Waals surface area contributed by atoms with E-state index in [1.54, 1.807) is 6.07 Å². The second kappa shape index (κ2) is 9.58. The van der Waals surface area contributed by atoms with Crippen LogP contribution in [0.3, 0.4) is 0 Å². The van der Waals surface area contributed by atoms with Gasteiger partial charge in [0.05, 0.1) is 6.04 Å². The van der Waals surface area contributed by atoms with E-state index in [1.165, 1.54) is 42.5 Å². The van der Waals surface area contributed by atoms with E-state index in [1.807, 2.05) is 12.1 Å². The number of unbranched alkanes of at least 4 members (excludes halogenated alkanes) is 2. The summed E-state index contributed by atoms with van der Waals surface area (Å²) in [5.74, 6) is 0.343. The van der Waals surface area contributed by atoms with Crippen molar-refractivity contribution in [3.8, 4) is 5.75 Å². The molecule has 0 aromatic heterocycles. The maximum absolute atomic E-state index is 10.1. The highest BCUT2D eigenvalue weighted by atomic mass is 16.3. The highest BCUT2D eigenvalue weighted by molar-refractivity contribution is 5.40. The van der Waals surface area contributed by atoms with Gasteiger partial charge in [0.15, 0.2) is 0 Å². The van der Waals surface area contributed by atoms with E-state index in [9.17, 15) is 5.11 Å². The first-order valence-corrected chi connectivity index (χ1v) is 10.9. The fourth-order valence-corrected chi connectivity index (χ4v) is 4.60. The van der Waals surface area contributed by atoms with Crippen LogP contribution in [-0.2, 0) is 0 Å². The maximum Gasteiger partial charge on any atom is 0.115 e. The van der Waals surface area contributed by atoms with E-state index in [2.05, 4.69) is 67.8 Å². The molecule has 0 spiro atoms. The summed E-state index contributed by atoms with van der Waals surface area (Å²) >= 11 is 0. The highest BCUT2D eigenvalue weighted by Gasteiger charge is 2.35. The first-order chi connectivity index (χ1) is 13.5. The van der Waals surface area contributed by atoms with Crippen LogP contribution in [0.15, 0.2) is 48.5 Å². The minimum atomic E-state index is 0.170. The van der Waals surface area contributed by atoms with Crippen LogP contribution in [0.2, 0.25) is 0 Å². The van der Waals surface area contributed by atoms with Crippen molar-refractivity contribution in [1.29, 1.82) is 0 Å². The molecule has 0 bridgehead atoms. The molecule has 0 unspecified atom stereocenters. The second-order valence-electron chi connectivity index (χ2n) is 8.45. The average Bonchev–Trinajstić information content (AvgIpc) is 2.67. The quantitative estimate of drug-likeness (QED) is 0.654. The summed E-state index contributed by atoms with van der Waals surface area (Å²) in [6.45, 7) is 12.5. The molecule has 1 heterocycles. The van der Waals surface area contributed by atoms with Crippen LogP contribution in [0.1, 0.15) is 62.8 Å². The molecule has 0 saturated carbocycles. The number of piperazine rings is 1. The van der Waals surface area contributed by atoms with Crippen LogP contribution >= 0.6 is 0 Å². The molecular formula is C25H36N2O. The third kappa shape index (κ3) is 4.76. The summed E-state index contributed by atoms with van der Waals surface area (Å²) < 4.78 is 0. The van der Waals surface area contributed by atoms with Gasteiger partial charge in [-0.2, -0.15) is 0 Å². The summed E-state index contributed by atoms with van der Waals surface area (Å²) in [7, 11) is 0. The monoisotopic (exact) mass is 380 g/mol. The molecule has 2 aromatic rings. The fourth-order valence-electron chi connectivity index (χ4n) is 4.60. The summed E-state index contributed by atoms with van der Waals surface area (Å²) in [6, 6.07) is 17.7. The Morgan fingerprint density at radius 1 is 1.00 bits per heavy atom. The van der Waals surface area contributed by atoms with Crippen molar-refractivity contribution >= 4 is 0 Å². The second-order valence-corrected chi connectivity index (χ2v) is 8.45. The lowest BCUT2D eigenvalue weighted by Crippen LogP contribution is -2.57. The smallest absolute Gasteiger partial charge is 0.115 e. The lowest BCUT2D eigenvalue weighted by Gasteiger charge is -2.48. The zero-order chi connectivity index (χ0) is 20.1. The van der Waals surface area contributed by atoms with Gasteiger partial charge < -0.3 is 5.11 Å². The summed E-state index contributed by atoms with van der Waals surface area (Å²) in [6.07, 6.45) is 3.88. The Bertz CT molecular complexity index is 760. The Morgan fingerprint density at radius 2 is 1.79 bits per heavy atom. The minimum Gasteiger partial charge on any atom is -0.508 e.